The van der Waals surface area contributed by atoms with E-state index in [9.17, 15) is 30.6 Å². The SMILES string of the molecule is OCC1O[C@H](O[C@H]2OC(CS)[C@H](O)C(O)C2O)C(O)C(O)[C@@H]1O. The lowest BCUT2D eigenvalue weighted by molar-refractivity contribution is -0.373. The maximum absolute atomic E-state index is 9.90. The Bertz CT molecular complexity index is 349. The largest absolute Gasteiger partial charge is 0.394 e. The molecule has 7 N–H and O–H groups in total. The molecule has 0 aromatic rings. The maximum Gasteiger partial charge on any atom is 0.189 e. The summed E-state index contributed by atoms with van der Waals surface area (Å²) in [6.07, 6.45) is -14.6. The maximum atomic E-state index is 9.90. The summed E-state index contributed by atoms with van der Waals surface area (Å²) < 4.78 is 15.6. The second kappa shape index (κ2) is 7.89. The predicted molar refractivity (Wildman–Crippen MR) is 75.4 cm³/mol. The first-order chi connectivity index (χ1) is 10.8. The van der Waals surface area contributed by atoms with E-state index in [4.69, 9.17) is 19.3 Å². The van der Waals surface area contributed by atoms with Gasteiger partial charge in [0.2, 0.25) is 0 Å². The van der Waals surface area contributed by atoms with Crippen molar-refractivity contribution in [1.82, 2.24) is 0 Å². The van der Waals surface area contributed by atoms with Gasteiger partial charge in [0, 0.05) is 5.75 Å². The normalized spacial score (nSPS) is 51.7. The minimum absolute atomic E-state index is 0.0273. The minimum Gasteiger partial charge on any atom is -0.394 e. The standard InChI is InChI=1S/C12H22O10S/c13-1-3-5(14)7(16)9(18)11(20-3)22-12-10(19)8(17)6(15)4(2-23)21-12/h3-19,23H,1-2H2/t3?,4?,5-,6+,7?,8?,9?,10?,11-,12-/m1/s1. The van der Waals surface area contributed by atoms with E-state index in [1.807, 2.05) is 0 Å². The monoisotopic (exact) mass is 358 g/mol. The highest BCUT2D eigenvalue weighted by Gasteiger charge is 2.49. The van der Waals surface area contributed by atoms with E-state index in [0.29, 0.717) is 0 Å². The summed E-state index contributed by atoms with van der Waals surface area (Å²) in [6, 6.07) is 0. The number of aliphatic hydroxyl groups is 7. The van der Waals surface area contributed by atoms with E-state index >= 15 is 0 Å². The van der Waals surface area contributed by atoms with E-state index in [1.165, 1.54) is 0 Å². The van der Waals surface area contributed by atoms with Gasteiger partial charge in [0.1, 0.15) is 42.7 Å². The summed E-state index contributed by atoms with van der Waals surface area (Å²) >= 11 is 3.95. The molecule has 2 fully saturated rings. The number of aliphatic hydroxyl groups excluding tert-OH is 7. The fourth-order valence-electron chi connectivity index (χ4n) is 2.49. The van der Waals surface area contributed by atoms with Crippen LogP contribution in [0.5, 0.6) is 0 Å². The molecule has 2 rings (SSSR count). The van der Waals surface area contributed by atoms with Gasteiger partial charge in [-0.05, 0) is 0 Å². The molecule has 2 heterocycles. The fraction of sp³-hybridized carbons (Fsp3) is 1.00. The van der Waals surface area contributed by atoms with Crippen molar-refractivity contribution in [3.8, 4) is 0 Å². The highest BCUT2D eigenvalue weighted by molar-refractivity contribution is 7.80. The van der Waals surface area contributed by atoms with Crippen LogP contribution in [0.15, 0.2) is 0 Å². The average molecular weight is 358 g/mol. The lowest BCUT2D eigenvalue weighted by Gasteiger charge is -2.44. The molecule has 0 radical (unpaired) electrons. The van der Waals surface area contributed by atoms with Crippen LogP contribution in [-0.2, 0) is 14.2 Å². The van der Waals surface area contributed by atoms with Gasteiger partial charge in [0.15, 0.2) is 12.6 Å². The molecule has 2 aliphatic rings. The number of thiol groups is 1. The summed E-state index contributed by atoms with van der Waals surface area (Å²) in [5, 5.41) is 67.7. The second-order valence-electron chi connectivity index (χ2n) is 5.53. The predicted octanol–water partition coefficient (Wildman–Crippen LogP) is -4.46. The Hall–Kier alpha value is -0.0500. The average Bonchev–Trinajstić information content (AvgIpc) is 2.55. The molecule has 10 nitrogen and oxygen atoms in total. The van der Waals surface area contributed by atoms with Crippen LogP contribution in [0.25, 0.3) is 0 Å². The smallest absolute Gasteiger partial charge is 0.189 e. The third-order valence-electron chi connectivity index (χ3n) is 3.97. The van der Waals surface area contributed by atoms with Crippen LogP contribution in [0.2, 0.25) is 0 Å². The zero-order chi connectivity index (χ0) is 17.3. The molecule has 0 saturated carbocycles. The molecule has 0 aliphatic carbocycles. The Labute approximate surface area is 137 Å². The van der Waals surface area contributed by atoms with E-state index in [-0.39, 0.29) is 5.75 Å². The first-order valence-electron chi connectivity index (χ1n) is 7.08. The van der Waals surface area contributed by atoms with Crippen molar-refractivity contribution in [3.63, 3.8) is 0 Å². The van der Waals surface area contributed by atoms with Gasteiger partial charge in [-0.2, -0.15) is 12.6 Å². The molecule has 0 aromatic carbocycles. The van der Waals surface area contributed by atoms with Crippen molar-refractivity contribution in [1.29, 1.82) is 0 Å². The van der Waals surface area contributed by atoms with Gasteiger partial charge >= 0.3 is 0 Å². The van der Waals surface area contributed by atoms with E-state index in [2.05, 4.69) is 12.6 Å². The molecule has 2 saturated heterocycles. The Kier molecular flexibility index (Phi) is 6.61. The number of hydrogen-bond acceptors (Lipinski definition) is 11. The summed E-state index contributed by atoms with van der Waals surface area (Å²) in [6.45, 7) is -0.639. The van der Waals surface area contributed by atoms with Gasteiger partial charge in [-0.25, -0.2) is 0 Å². The molecule has 11 heteroatoms. The number of hydrogen-bond donors (Lipinski definition) is 8. The van der Waals surface area contributed by atoms with Gasteiger partial charge in [-0.15, -0.1) is 0 Å². The highest BCUT2D eigenvalue weighted by atomic mass is 32.1. The van der Waals surface area contributed by atoms with Crippen molar-refractivity contribution in [2.24, 2.45) is 0 Å². The molecule has 23 heavy (non-hydrogen) atoms. The Morgan fingerprint density at radius 2 is 1.13 bits per heavy atom. The third kappa shape index (κ3) is 3.80. The van der Waals surface area contributed by atoms with Crippen LogP contribution in [0, 0.1) is 0 Å². The zero-order valence-corrected chi connectivity index (χ0v) is 12.9. The molecule has 0 spiro atoms. The Morgan fingerprint density at radius 3 is 1.57 bits per heavy atom. The molecule has 136 valence electrons. The van der Waals surface area contributed by atoms with Crippen LogP contribution >= 0.6 is 12.6 Å². The van der Waals surface area contributed by atoms with Crippen LogP contribution < -0.4 is 0 Å². The van der Waals surface area contributed by atoms with Crippen LogP contribution in [0.3, 0.4) is 0 Å². The van der Waals surface area contributed by atoms with E-state index in [1.54, 1.807) is 0 Å². The lowest BCUT2D eigenvalue weighted by atomic mass is 9.98. The highest BCUT2D eigenvalue weighted by Crippen LogP contribution is 2.28. The van der Waals surface area contributed by atoms with Gasteiger partial charge in [-0.1, -0.05) is 0 Å². The van der Waals surface area contributed by atoms with Crippen molar-refractivity contribution in [3.05, 3.63) is 0 Å². The van der Waals surface area contributed by atoms with E-state index in [0.717, 1.165) is 0 Å². The van der Waals surface area contributed by atoms with Crippen molar-refractivity contribution >= 4 is 12.6 Å². The van der Waals surface area contributed by atoms with E-state index < -0.39 is 68.0 Å². The van der Waals surface area contributed by atoms with Crippen LogP contribution in [0.4, 0.5) is 0 Å². The fourth-order valence-corrected chi connectivity index (χ4v) is 2.79. The molecule has 2 aliphatic heterocycles. The molecule has 0 aromatic heterocycles. The molecule has 0 amide bonds. The van der Waals surface area contributed by atoms with Crippen LogP contribution in [-0.4, -0.2) is 110 Å². The van der Waals surface area contributed by atoms with Crippen molar-refractivity contribution < 1.29 is 50.0 Å². The lowest BCUT2D eigenvalue weighted by Crippen LogP contribution is -2.63. The number of rotatable bonds is 4. The molecule has 10 atom stereocenters. The number of ether oxygens (including phenoxy) is 3. The second-order valence-corrected chi connectivity index (χ2v) is 5.90. The Morgan fingerprint density at radius 1 is 0.696 bits per heavy atom. The van der Waals surface area contributed by atoms with Gasteiger partial charge in [0.05, 0.1) is 12.7 Å². The van der Waals surface area contributed by atoms with Gasteiger partial charge < -0.3 is 50.0 Å². The summed E-state index contributed by atoms with van der Waals surface area (Å²) in [5.41, 5.74) is 0. The molecular weight excluding hydrogens is 336 g/mol. The van der Waals surface area contributed by atoms with Crippen molar-refractivity contribution in [2.75, 3.05) is 12.4 Å². The summed E-state index contributed by atoms with van der Waals surface area (Å²) in [5.74, 6) is 0.0273. The zero-order valence-electron chi connectivity index (χ0n) is 12.0. The Balaban J connectivity index is 2.07. The topological polar surface area (TPSA) is 169 Å². The summed E-state index contributed by atoms with van der Waals surface area (Å²) in [4.78, 5) is 0. The summed E-state index contributed by atoms with van der Waals surface area (Å²) in [7, 11) is 0. The van der Waals surface area contributed by atoms with Gasteiger partial charge in [0.25, 0.3) is 0 Å². The molecular formula is C12H22O10S. The molecule has 6 unspecified atom stereocenters. The van der Waals surface area contributed by atoms with Gasteiger partial charge in [-0.3, -0.25) is 0 Å². The third-order valence-corrected chi connectivity index (χ3v) is 4.33. The minimum atomic E-state index is -1.68. The quantitative estimate of drug-likeness (QED) is 0.229. The molecule has 0 bridgehead atoms. The van der Waals surface area contributed by atoms with Crippen molar-refractivity contribution in [2.45, 2.75) is 61.4 Å². The first kappa shape index (κ1) is 19.3. The van der Waals surface area contributed by atoms with Crippen LogP contribution in [0.1, 0.15) is 0 Å². The first-order valence-corrected chi connectivity index (χ1v) is 7.71.